The van der Waals surface area contributed by atoms with Crippen LogP contribution in [0.5, 0.6) is 0 Å². The van der Waals surface area contributed by atoms with Gasteiger partial charge in [0, 0.05) is 5.69 Å². The Kier molecular flexibility index (Phi) is 4.40. The van der Waals surface area contributed by atoms with Gasteiger partial charge >= 0.3 is 5.97 Å². The number of anilines is 2. The van der Waals surface area contributed by atoms with Crippen molar-refractivity contribution in [1.29, 1.82) is 0 Å². The number of aliphatic hydroxyl groups is 1. The number of ether oxygens (including phenoxy) is 1. The fourth-order valence-corrected chi connectivity index (χ4v) is 4.10. The molecule has 0 unspecified atom stereocenters. The average molecular weight is 366 g/mol. The van der Waals surface area contributed by atoms with E-state index in [0.29, 0.717) is 24.7 Å². The smallest absolute Gasteiger partial charge is 0.338 e. The van der Waals surface area contributed by atoms with Crippen molar-refractivity contribution in [1.82, 2.24) is 0 Å². The van der Waals surface area contributed by atoms with Crippen LogP contribution >= 0.6 is 0 Å². The lowest BCUT2D eigenvalue weighted by molar-refractivity contribution is -0.0986. The fraction of sp³-hybridized carbons (Fsp3) is 0.588. The van der Waals surface area contributed by atoms with Crippen molar-refractivity contribution < 1.29 is 25.1 Å². The zero-order valence-corrected chi connectivity index (χ0v) is 14.7. The first-order valence-electron chi connectivity index (χ1n) is 8.34. The third-order valence-electron chi connectivity index (χ3n) is 5.91. The molecule has 2 fully saturated rings. The molecular weight excluding hydrogens is 344 g/mol. The first kappa shape index (κ1) is 18.9. The fourth-order valence-electron chi connectivity index (χ4n) is 4.10. The summed E-state index contributed by atoms with van der Waals surface area (Å²) in [4.78, 5) is 12.5. The molecule has 1 aromatic carbocycles. The molecule has 4 atom stereocenters. The number of hydrogen-bond acceptors (Lipinski definition) is 9. The normalized spacial score (nSPS) is 31.8. The Hall–Kier alpha value is -1.91. The summed E-state index contributed by atoms with van der Waals surface area (Å²) in [6.07, 6.45) is 0.300. The van der Waals surface area contributed by atoms with Crippen LogP contribution in [0.4, 0.5) is 11.4 Å². The van der Waals surface area contributed by atoms with Crippen molar-refractivity contribution >= 4 is 17.3 Å². The lowest BCUT2D eigenvalue weighted by Gasteiger charge is -2.38. The molecule has 0 saturated heterocycles. The van der Waals surface area contributed by atoms with Crippen LogP contribution in [0.25, 0.3) is 0 Å². The first-order chi connectivity index (χ1) is 11.9. The van der Waals surface area contributed by atoms with Crippen LogP contribution in [0, 0.1) is 27.7 Å². The van der Waals surface area contributed by atoms with Crippen LogP contribution < -0.4 is 10.5 Å². The van der Waals surface area contributed by atoms with E-state index in [2.05, 4.69) is 13.8 Å². The minimum atomic E-state index is -1.19. The first-order valence-corrected chi connectivity index (χ1v) is 8.34. The molecule has 1 aromatic rings. The third kappa shape index (κ3) is 3.24. The third-order valence-corrected chi connectivity index (χ3v) is 5.91. The lowest BCUT2D eigenvalue weighted by Crippen LogP contribution is -2.45. The van der Waals surface area contributed by atoms with Gasteiger partial charge in [-0.05, 0) is 55.2 Å². The molecule has 0 radical (unpaired) electrons. The van der Waals surface area contributed by atoms with Crippen molar-refractivity contribution in [2.24, 2.45) is 17.3 Å². The van der Waals surface area contributed by atoms with Crippen molar-refractivity contribution in [3.8, 4) is 0 Å². The maximum atomic E-state index is 12.5. The van der Waals surface area contributed by atoms with Gasteiger partial charge in [0.25, 0.3) is 0 Å². The topological polar surface area (TPSA) is 140 Å². The lowest BCUT2D eigenvalue weighted by atomic mass is 9.83. The number of carbonyl (C=O) groups is 1. The molecule has 2 saturated carbocycles. The van der Waals surface area contributed by atoms with Gasteiger partial charge < -0.3 is 25.5 Å². The zero-order valence-electron chi connectivity index (χ0n) is 14.7. The second kappa shape index (κ2) is 6.07. The van der Waals surface area contributed by atoms with E-state index in [1.165, 1.54) is 0 Å². The second-order valence-electron chi connectivity index (χ2n) is 8.01. The number of rotatable bonds is 4. The molecule has 0 spiro atoms. The van der Waals surface area contributed by atoms with E-state index >= 15 is 0 Å². The van der Waals surface area contributed by atoms with Crippen molar-refractivity contribution in [3.63, 3.8) is 0 Å². The van der Waals surface area contributed by atoms with E-state index in [9.17, 15) is 20.3 Å². The number of esters is 1. The standard InChI is InChI=1S/C17H22N2O7/c1-16(2)12-7-14(17(3,21)8-13(12)16)26-15(20)9-4-10(18(22)23)6-11(5-9)19(24)25/h4-6,12-14,21-23H,7-8H2,1-3H3/q-2/t12-,13+,14+,17+/m0/s1. The van der Waals surface area contributed by atoms with Crippen molar-refractivity contribution in [3.05, 3.63) is 34.2 Å². The molecule has 144 valence electrons. The van der Waals surface area contributed by atoms with Crippen LogP contribution in [-0.2, 0) is 4.74 Å². The molecule has 2 aliphatic rings. The largest absolute Gasteiger partial charge is 0.769 e. The van der Waals surface area contributed by atoms with Gasteiger partial charge in [-0.3, -0.25) is 10.4 Å². The summed E-state index contributed by atoms with van der Waals surface area (Å²) in [6, 6.07) is 2.97. The monoisotopic (exact) mass is 366 g/mol. The van der Waals surface area contributed by atoms with E-state index in [-0.39, 0.29) is 21.9 Å². The Morgan fingerprint density at radius 2 is 1.77 bits per heavy atom. The quantitative estimate of drug-likeness (QED) is 0.541. The maximum absolute atomic E-state index is 12.5. The maximum Gasteiger partial charge on any atom is 0.338 e. The molecule has 26 heavy (non-hydrogen) atoms. The zero-order chi connectivity index (χ0) is 19.4. The number of nitrogens with zero attached hydrogens (tertiary/aromatic N) is 2. The molecule has 9 nitrogen and oxygen atoms in total. The van der Waals surface area contributed by atoms with Gasteiger partial charge in [-0.25, -0.2) is 4.79 Å². The summed E-state index contributed by atoms with van der Waals surface area (Å²) in [5, 5.41) is 49.8. The SMILES string of the molecule is CC1(C)[C@@H]2C[C@@](C)(O)[C@H](OC(=O)c3cc(N([O-])[O-])cc(N(O)O)c3)C[C@@H]21. The Labute approximate surface area is 150 Å². The summed E-state index contributed by atoms with van der Waals surface area (Å²) in [7, 11) is 0. The van der Waals surface area contributed by atoms with Crippen LogP contribution in [-0.4, -0.2) is 33.2 Å². The summed E-state index contributed by atoms with van der Waals surface area (Å²) in [5.74, 6) is -0.125. The number of fused-ring (bicyclic) bond motifs is 1. The molecular formula is C17H22N2O7-2. The van der Waals surface area contributed by atoms with Gasteiger partial charge in [-0.15, -0.1) is 5.23 Å². The molecule has 0 aromatic heterocycles. The molecule has 0 heterocycles. The van der Waals surface area contributed by atoms with Crippen molar-refractivity contribution in [2.75, 3.05) is 10.5 Å². The minimum Gasteiger partial charge on any atom is -0.769 e. The number of benzene rings is 1. The number of hydrogen-bond donors (Lipinski definition) is 3. The van der Waals surface area contributed by atoms with Gasteiger partial charge in [-0.2, -0.15) is 0 Å². The Morgan fingerprint density at radius 1 is 1.15 bits per heavy atom. The van der Waals surface area contributed by atoms with Gasteiger partial charge in [-0.1, -0.05) is 13.8 Å². The summed E-state index contributed by atoms with van der Waals surface area (Å²) >= 11 is 0. The molecule has 3 rings (SSSR count). The van der Waals surface area contributed by atoms with E-state index in [4.69, 9.17) is 15.2 Å². The average Bonchev–Trinajstić information content (AvgIpc) is 3.05. The highest BCUT2D eigenvalue weighted by Crippen LogP contribution is 2.66. The Balaban J connectivity index is 1.81. The predicted octanol–water partition coefficient (Wildman–Crippen LogP) is 2.42. The summed E-state index contributed by atoms with van der Waals surface area (Å²) in [6.45, 7) is 5.86. The number of carbonyl (C=O) groups excluding carboxylic acids is 1. The molecule has 9 heteroatoms. The van der Waals surface area contributed by atoms with Crippen LogP contribution in [0.1, 0.15) is 44.0 Å². The molecule has 0 aliphatic heterocycles. The van der Waals surface area contributed by atoms with E-state index in [1.807, 2.05) is 0 Å². The highest BCUT2D eigenvalue weighted by Gasteiger charge is 2.64. The summed E-state index contributed by atoms with van der Waals surface area (Å²) < 4.78 is 5.46. The van der Waals surface area contributed by atoms with Crippen molar-refractivity contribution in [2.45, 2.75) is 45.3 Å². The molecule has 2 aliphatic carbocycles. The second-order valence-corrected chi connectivity index (χ2v) is 8.01. The van der Waals surface area contributed by atoms with Gasteiger partial charge in [0.05, 0.1) is 16.9 Å². The Bertz CT molecular complexity index is 691. The van der Waals surface area contributed by atoms with Crippen LogP contribution in [0.3, 0.4) is 0 Å². The Morgan fingerprint density at radius 3 is 2.35 bits per heavy atom. The highest BCUT2D eigenvalue weighted by molar-refractivity contribution is 5.92. The molecule has 0 bridgehead atoms. The van der Waals surface area contributed by atoms with E-state index < -0.39 is 28.6 Å². The molecule has 0 amide bonds. The predicted molar refractivity (Wildman–Crippen MR) is 91.5 cm³/mol. The van der Waals surface area contributed by atoms with Crippen LogP contribution in [0.2, 0.25) is 0 Å². The van der Waals surface area contributed by atoms with E-state index in [1.54, 1.807) is 6.92 Å². The van der Waals surface area contributed by atoms with Gasteiger partial charge in [0.2, 0.25) is 0 Å². The summed E-state index contributed by atoms with van der Waals surface area (Å²) in [5.41, 5.74) is -2.12. The highest BCUT2D eigenvalue weighted by atomic mass is 16.8. The van der Waals surface area contributed by atoms with Gasteiger partial charge in [0.1, 0.15) is 6.10 Å². The van der Waals surface area contributed by atoms with E-state index in [0.717, 1.165) is 18.2 Å². The minimum absolute atomic E-state index is 0.0954. The molecule has 3 N–H and O–H groups in total. The van der Waals surface area contributed by atoms with Gasteiger partial charge in [0.15, 0.2) is 0 Å². The van der Waals surface area contributed by atoms with Crippen LogP contribution in [0.15, 0.2) is 18.2 Å².